The second kappa shape index (κ2) is 9.93. The molecule has 9 atom stereocenters. The number of esters is 1. The van der Waals surface area contributed by atoms with Crippen molar-refractivity contribution in [3.05, 3.63) is 29.8 Å². The summed E-state index contributed by atoms with van der Waals surface area (Å²) in [6, 6.07) is 4.90. The van der Waals surface area contributed by atoms with Crippen molar-refractivity contribution in [2.75, 3.05) is 19.8 Å². The summed E-state index contributed by atoms with van der Waals surface area (Å²) in [6.07, 6.45) is -13.3. The summed E-state index contributed by atoms with van der Waals surface area (Å²) in [5, 5.41) is 78.9. The molecule has 180 valence electrons. The molecule has 0 saturated carbocycles. The van der Waals surface area contributed by atoms with Crippen LogP contribution in [-0.4, -0.2) is 121 Å². The fraction of sp³-hybridized carbons (Fsp3) is 0.632. The number of aliphatic hydroxyl groups is 7. The average molecular weight is 462 g/mol. The zero-order valence-electron chi connectivity index (χ0n) is 16.7. The molecule has 8 N–H and O–H groups in total. The summed E-state index contributed by atoms with van der Waals surface area (Å²) < 4.78 is 21.4. The van der Waals surface area contributed by atoms with Crippen LogP contribution in [0.1, 0.15) is 10.4 Å². The van der Waals surface area contributed by atoms with Crippen LogP contribution in [0, 0.1) is 0 Å². The number of benzene rings is 1. The van der Waals surface area contributed by atoms with Gasteiger partial charge in [-0.15, -0.1) is 0 Å². The predicted molar refractivity (Wildman–Crippen MR) is 99.9 cm³/mol. The third-order valence-corrected chi connectivity index (χ3v) is 5.39. The van der Waals surface area contributed by atoms with Gasteiger partial charge in [-0.2, -0.15) is 0 Å². The van der Waals surface area contributed by atoms with Gasteiger partial charge in [-0.05, 0) is 24.3 Å². The molecule has 0 radical (unpaired) electrons. The second-order valence-electron chi connectivity index (χ2n) is 7.49. The molecule has 32 heavy (non-hydrogen) atoms. The zero-order valence-corrected chi connectivity index (χ0v) is 16.7. The minimum Gasteiger partial charge on any atom is -0.508 e. The van der Waals surface area contributed by atoms with Crippen LogP contribution in [0.4, 0.5) is 0 Å². The van der Waals surface area contributed by atoms with E-state index < -0.39 is 80.6 Å². The molecule has 0 spiro atoms. The monoisotopic (exact) mass is 462 g/mol. The Labute approximate surface area is 181 Å². The van der Waals surface area contributed by atoms with Crippen LogP contribution < -0.4 is 0 Å². The molecule has 3 rings (SSSR count). The Balaban J connectivity index is 1.87. The number of rotatable bonds is 7. The van der Waals surface area contributed by atoms with Gasteiger partial charge >= 0.3 is 5.97 Å². The molecule has 0 amide bonds. The molecular formula is C19H26O13. The molecule has 2 heterocycles. The maximum absolute atomic E-state index is 12.5. The summed E-state index contributed by atoms with van der Waals surface area (Å²) in [6.45, 7) is -2.54. The van der Waals surface area contributed by atoms with E-state index in [-0.39, 0.29) is 11.3 Å². The van der Waals surface area contributed by atoms with Crippen molar-refractivity contribution in [2.24, 2.45) is 0 Å². The van der Waals surface area contributed by atoms with Gasteiger partial charge in [0.15, 0.2) is 6.10 Å². The zero-order chi connectivity index (χ0) is 23.6. The molecule has 2 aliphatic heterocycles. The second-order valence-corrected chi connectivity index (χ2v) is 7.49. The Bertz CT molecular complexity index is 773. The third kappa shape index (κ3) is 4.58. The molecule has 13 heteroatoms. The van der Waals surface area contributed by atoms with Crippen LogP contribution in [0.3, 0.4) is 0 Å². The molecule has 2 fully saturated rings. The minimum atomic E-state index is -2.34. The average Bonchev–Trinajstić information content (AvgIpc) is 3.03. The van der Waals surface area contributed by atoms with Crippen LogP contribution in [-0.2, 0) is 18.9 Å². The largest absolute Gasteiger partial charge is 0.508 e. The first-order valence-corrected chi connectivity index (χ1v) is 9.73. The van der Waals surface area contributed by atoms with Gasteiger partial charge in [0.25, 0.3) is 0 Å². The Morgan fingerprint density at radius 3 is 2.09 bits per heavy atom. The molecule has 0 aliphatic carbocycles. The fourth-order valence-electron chi connectivity index (χ4n) is 3.53. The van der Waals surface area contributed by atoms with E-state index in [2.05, 4.69) is 0 Å². The van der Waals surface area contributed by atoms with Crippen molar-refractivity contribution >= 4 is 5.97 Å². The number of aliphatic hydroxyl groups excluding tert-OH is 7. The van der Waals surface area contributed by atoms with E-state index in [1.165, 1.54) is 24.3 Å². The molecular weight excluding hydrogens is 436 g/mol. The quantitative estimate of drug-likeness (QED) is 0.183. The first kappa shape index (κ1) is 24.7. The summed E-state index contributed by atoms with van der Waals surface area (Å²) in [5.41, 5.74) is -0.0303. The highest BCUT2D eigenvalue weighted by atomic mass is 16.8. The summed E-state index contributed by atoms with van der Waals surface area (Å²) in [7, 11) is 0. The Morgan fingerprint density at radius 2 is 1.56 bits per heavy atom. The Hall–Kier alpha value is -1.91. The van der Waals surface area contributed by atoms with E-state index in [0.717, 1.165) is 0 Å². The van der Waals surface area contributed by atoms with Gasteiger partial charge in [0.05, 0.1) is 18.8 Å². The number of phenols is 1. The number of carbonyl (C=O) groups is 1. The molecule has 0 bridgehead atoms. The highest BCUT2D eigenvalue weighted by Crippen LogP contribution is 2.36. The molecule has 0 aromatic heterocycles. The van der Waals surface area contributed by atoms with Crippen molar-refractivity contribution in [3.63, 3.8) is 0 Å². The predicted octanol–water partition coefficient (Wildman–Crippen LogP) is -3.83. The lowest BCUT2D eigenvalue weighted by molar-refractivity contribution is -0.382. The van der Waals surface area contributed by atoms with Crippen molar-refractivity contribution in [2.45, 2.75) is 54.8 Å². The first-order chi connectivity index (χ1) is 15.2. The highest BCUT2D eigenvalue weighted by Gasteiger charge is 2.59. The van der Waals surface area contributed by atoms with Crippen molar-refractivity contribution in [1.29, 1.82) is 0 Å². The van der Waals surface area contributed by atoms with Gasteiger partial charge in [-0.3, -0.25) is 0 Å². The maximum Gasteiger partial charge on any atom is 0.338 e. The number of ether oxygens (including phenoxy) is 4. The van der Waals surface area contributed by atoms with Crippen molar-refractivity contribution in [1.82, 2.24) is 0 Å². The standard InChI is InChI=1S/C19H26O13/c20-5-10-12(24)14(26)15(30-17(28)8-1-3-9(23)4-2-8)18(29-10)32-19(7-22)16(27)13(25)11(6-21)31-19/h1-4,10-16,18,20-27H,5-7H2/t10-,11-,12-,13-,14+,15-,16+,18-,19+/m1/s1. The van der Waals surface area contributed by atoms with E-state index in [1.807, 2.05) is 0 Å². The van der Waals surface area contributed by atoms with Gasteiger partial charge in [0.2, 0.25) is 12.1 Å². The van der Waals surface area contributed by atoms with Gasteiger partial charge in [0, 0.05) is 0 Å². The number of carbonyl (C=O) groups excluding carboxylic acids is 1. The van der Waals surface area contributed by atoms with Crippen LogP contribution in [0.15, 0.2) is 24.3 Å². The normalized spacial score (nSPS) is 39.7. The molecule has 13 nitrogen and oxygen atoms in total. The first-order valence-electron chi connectivity index (χ1n) is 9.73. The molecule has 1 aromatic carbocycles. The third-order valence-electron chi connectivity index (χ3n) is 5.39. The SMILES string of the molecule is O=C(O[C@H]1[C@@H](O[C@]2(CO)O[C@H](CO)[C@@H](O)[C@@H]2O)O[C@H](CO)[C@@H](O)[C@@H]1O)c1ccc(O)cc1. The maximum atomic E-state index is 12.5. The van der Waals surface area contributed by atoms with Crippen LogP contribution in [0.2, 0.25) is 0 Å². The number of hydrogen-bond donors (Lipinski definition) is 8. The molecule has 1 aromatic rings. The van der Waals surface area contributed by atoms with E-state index in [0.29, 0.717) is 0 Å². The molecule has 2 aliphatic rings. The van der Waals surface area contributed by atoms with E-state index in [4.69, 9.17) is 18.9 Å². The lowest BCUT2D eigenvalue weighted by atomic mass is 9.98. The van der Waals surface area contributed by atoms with Gasteiger partial charge in [-0.25, -0.2) is 4.79 Å². The lowest BCUT2D eigenvalue weighted by Crippen LogP contribution is -2.63. The number of aromatic hydroxyl groups is 1. The lowest BCUT2D eigenvalue weighted by Gasteiger charge is -2.44. The van der Waals surface area contributed by atoms with E-state index in [9.17, 15) is 45.6 Å². The highest BCUT2D eigenvalue weighted by molar-refractivity contribution is 5.89. The van der Waals surface area contributed by atoms with Crippen LogP contribution in [0.5, 0.6) is 5.75 Å². The smallest absolute Gasteiger partial charge is 0.338 e. The van der Waals surface area contributed by atoms with E-state index in [1.54, 1.807) is 0 Å². The van der Waals surface area contributed by atoms with E-state index >= 15 is 0 Å². The van der Waals surface area contributed by atoms with Crippen molar-refractivity contribution < 1.29 is 64.6 Å². The van der Waals surface area contributed by atoms with Crippen LogP contribution >= 0.6 is 0 Å². The van der Waals surface area contributed by atoms with Gasteiger partial charge in [-0.1, -0.05) is 0 Å². The molecule has 0 unspecified atom stereocenters. The number of phenolic OH excluding ortho intramolecular Hbond substituents is 1. The topological polar surface area (TPSA) is 216 Å². The summed E-state index contributed by atoms with van der Waals surface area (Å²) in [5.74, 6) is -3.46. The van der Waals surface area contributed by atoms with Gasteiger partial charge < -0.3 is 59.8 Å². The molecule has 2 saturated heterocycles. The Kier molecular flexibility index (Phi) is 7.67. The Morgan fingerprint density at radius 1 is 0.938 bits per heavy atom. The fourth-order valence-corrected chi connectivity index (χ4v) is 3.53. The van der Waals surface area contributed by atoms with Crippen LogP contribution in [0.25, 0.3) is 0 Å². The summed E-state index contributed by atoms with van der Waals surface area (Å²) in [4.78, 5) is 12.5. The number of hydrogen-bond acceptors (Lipinski definition) is 13. The van der Waals surface area contributed by atoms with Gasteiger partial charge in [0.1, 0.15) is 49.0 Å². The minimum absolute atomic E-state index is 0.0303. The summed E-state index contributed by atoms with van der Waals surface area (Å²) >= 11 is 0. The van der Waals surface area contributed by atoms with Crippen molar-refractivity contribution in [3.8, 4) is 5.75 Å².